The lowest BCUT2D eigenvalue weighted by molar-refractivity contribution is -0.137. The fourth-order valence-corrected chi connectivity index (χ4v) is 2.03. The quantitative estimate of drug-likeness (QED) is 0.832. The molecule has 0 unspecified atom stereocenters. The first-order chi connectivity index (χ1) is 9.94. The molecule has 1 rings (SSSR count). The molecule has 0 spiro atoms. The van der Waals surface area contributed by atoms with E-state index >= 15 is 0 Å². The van der Waals surface area contributed by atoms with Crippen LogP contribution in [0.4, 0.5) is 0 Å². The van der Waals surface area contributed by atoms with Gasteiger partial charge in [0.2, 0.25) is 0 Å². The zero-order valence-corrected chi connectivity index (χ0v) is 12.8. The molecule has 6 heteroatoms. The Morgan fingerprint density at radius 3 is 2.10 bits per heavy atom. The van der Waals surface area contributed by atoms with Crippen molar-refractivity contribution in [1.29, 1.82) is 0 Å². The maximum absolute atomic E-state index is 12.5. The predicted molar refractivity (Wildman–Crippen MR) is 78.1 cm³/mol. The molecule has 0 atom stereocenters. The van der Waals surface area contributed by atoms with Gasteiger partial charge >= 0.3 is 5.97 Å². The predicted octanol–water partition coefficient (Wildman–Crippen LogP) is 1.95. The molecule has 0 saturated carbocycles. The molecule has 0 bridgehead atoms. The van der Waals surface area contributed by atoms with E-state index in [0.717, 1.165) is 5.56 Å². The second-order valence-corrected chi connectivity index (χ2v) is 4.53. The minimum Gasteiger partial charge on any atom is -0.496 e. The fraction of sp³-hybridized carbons (Fsp3) is 0.467. The van der Waals surface area contributed by atoms with Crippen LogP contribution in [0.25, 0.3) is 0 Å². The molecule has 0 heterocycles. The third-order valence-electron chi connectivity index (χ3n) is 3.26. The molecule has 21 heavy (non-hydrogen) atoms. The number of carbonyl (C=O) groups is 2. The third kappa shape index (κ3) is 4.11. The summed E-state index contributed by atoms with van der Waals surface area (Å²) in [6.45, 7) is 4.25. The van der Waals surface area contributed by atoms with Gasteiger partial charge in [0, 0.05) is 24.2 Å². The van der Waals surface area contributed by atoms with Gasteiger partial charge in [-0.05, 0) is 26.0 Å². The van der Waals surface area contributed by atoms with Crippen molar-refractivity contribution in [3.63, 3.8) is 0 Å². The number of rotatable bonds is 7. The van der Waals surface area contributed by atoms with E-state index in [1.807, 2.05) is 13.8 Å². The summed E-state index contributed by atoms with van der Waals surface area (Å²) in [5.41, 5.74) is 1.23. The van der Waals surface area contributed by atoms with Crippen LogP contribution in [0.2, 0.25) is 0 Å². The minimum absolute atomic E-state index is 0.0836. The Labute approximate surface area is 124 Å². The van der Waals surface area contributed by atoms with Crippen molar-refractivity contribution < 1.29 is 24.2 Å². The maximum Gasteiger partial charge on any atom is 0.305 e. The highest BCUT2D eigenvalue weighted by molar-refractivity contribution is 5.95. The van der Waals surface area contributed by atoms with Crippen LogP contribution in [0.3, 0.4) is 0 Å². The van der Waals surface area contributed by atoms with Gasteiger partial charge in [-0.15, -0.1) is 0 Å². The van der Waals surface area contributed by atoms with Crippen LogP contribution >= 0.6 is 0 Å². The summed E-state index contributed by atoms with van der Waals surface area (Å²) in [6.07, 6.45) is -0.0836. The van der Waals surface area contributed by atoms with Crippen molar-refractivity contribution in [2.24, 2.45) is 0 Å². The van der Waals surface area contributed by atoms with Gasteiger partial charge in [-0.3, -0.25) is 9.59 Å². The molecule has 0 aliphatic heterocycles. The summed E-state index contributed by atoms with van der Waals surface area (Å²) < 4.78 is 10.5. The highest BCUT2D eigenvalue weighted by atomic mass is 16.5. The van der Waals surface area contributed by atoms with Crippen molar-refractivity contribution in [2.45, 2.75) is 20.3 Å². The number of carboxylic acid groups (broad SMARTS) is 1. The summed E-state index contributed by atoms with van der Waals surface area (Å²) in [4.78, 5) is 24.6. The molecule has 0 aromatic heterocycles. The number of ether oxygens (including phenoxy) is 2. The van der Waals surface area contributed by atoms with Gasteiger partial charge in [-0.25, -0.2) is 0 Å². The van der Waals surface area contributed by atoms with Gasteiger partial charge in [-0.2, -0.15) is 0 Å². The average molecular weight is 295 g/mol. The molecule has 1 aromatic rings. The Morgan fingerprint density at radius 2 is 1.71 bits per heavy atom. The van der Waals surface area contributed by atoms with Gasteiger partial charge < -0.3 is 19.5 Å². The minimum atomic E-state index is -0.930. The van der Waals surface area contributed by atoms with Crippen LogP contribution in [0.15, 0.2) is 12.1 Å². The van der Waals surface area contributed by atoms with E-state index in [1.54, 1.807) is 12.1 Å². The van der Waals surface area contributed by atoms with E-state index in [0.29, 0.717) is 23.6 Å². The van der Waals surface area contributed by atoms with Crippen molar-refractivity contribution in [1.82, 2.24) is 4.90 Å². The first-order valence-electron chi connectivity index (χ1n) is 6.68. The van der Waals surface area contributed by atoms with Crippen molar-refractivity contribution >= 4 is 11.9 Å². The molecule has 0 aliphatic carbocycles. The summed E-state index contributed by atoms with van der Waals surface area (Å²) in [7, 11) is 3.05. The summed E-state index contributed by atoms with van der Waals surface area (Å²) in [5, 5.41) is 8.73. The van der Waals surface area contributed by atoms with E-state index in [9.17, 15) is 9.59 Å². The van der Waals surface area contributed by atoms with E-state index < -0.39 is 5.97 Å². The molecule has 0 fully saturated rings. The van der Waals surface area contributed by atoms with Crippen molar-refractivity contribution in [3.8, 4) is 11.5 Å². The van der Waals surface area contributed by atoms with E-state index in [1.165, 1.54) is 19.1 Å². The average Bonchev–Trinajstić information content (AvgIpc) is 2.47. The summed E-state index contributed by atoms with van der Waals surface area (Å²) in [6, 6.07) is 3.28. The molecular weight excluding hydrogens is 274 g/mol. The lowest BCUT2D eigenvalue weighted by atomic mass is 10.1. The van der Waals surface area contributed by atoms with Crippen LogP contribution in [0.1, 0.15) is 29.3 Å². The Kier molecular flexibility index (Phi) is 6.02. The lowest BCUT2D eigenvalue weighted by Crippen LogP contribution is -2.32. The van der Waals surface area contributed by atoms with Crippen LogP contribution in [0.5, 0.6) is 11.5 Å². The van der Waals surface area contributed by atoms with Gasteiger partial charge in [0.05, 0.1) is 20.6 Å². The monoisotopic (exact) mass is 295 g/mol. The van der Waals surface area contributed by atoms with Crippen molar-refractivity contribution in [3.05, 3.63) is 23.3 Å². The van der Waals surface area contributed by atoms with Crippen LogP contribution in [0, 0.1) is 6.92 Å². The number of carboxylic acids is 1. The highest BCUT2D eigenvalue weighted by Crippen LogP contribution is 2.30. The molecule has 6 nitrogen and oxygen atoms in total. The molecule has 116 valence electrons. The Bertz CT molecular complexity index is 502. The first kappa shape index (κ1) is 16.8. The largest absolute Gasteiger partial charge is 0.496 e. The Balaban J connectivity index is 3.07. The third-order valence-corrected chi connectivity index (χ3v) is 3.26. The summed E-state index contributed by atoms with van der Waals surface area (Å²) >= 11 is 0. The Morgan fingerprint density at radius 1 is 1.19 bits per heavy atom. The van der Waals surface area contributed by atoms with Crippen LogP contribution < -0.4 is 9.47 Å². The molecule has 1 amide bonds. The highest BCUT2D eigenvalue weighted by Gasteiger charge is 2.18. The standard InChI is InChI=1S/C15H21NO5/c1-5-16(7-6-14(17)18)15(19)11-8-12(20-3)10(2)13(9-11)21-4/h8-9H,5-7H2,1-4H3,(H,17,18). The van der Waals surface area contributed by atoms with Gasteiger partial charge in [0.25, 0.3) is 5.91 Å². The normalized spacial score (nSPS) is 10.1. The van der Waals surface area contributed by atoms with Gasteiger partial charge in [-0.1, -0.05) is 0 Å². The number of nitrogens with zero attached hydrogens (tertiary/aromatic N) is 1. The number of methoxy groups -OCH3 is 2. The zero-order chi connectivity index (χ0) is 16.0. The molecular formula is C15H21NO5. The second kappa shape index (κ2) is 7.52. The van der Waals surface area contributed by atoms with Crippen LogP contribution in [-0.2, 0) is 4.79 Å². The van der Waals surface area contributed by atoms with Crippen molar-refractivity contribution in [2.75, 3.05) is 27.3 Å². The Hall–Kier alpha value is -2.24. The SMILES string of the molecule is CCN(CCC(=O)O)C(=O)c1cc(OC)c(C)c(OC)c1. The van der Waals surface area contributed by atoms with E-state index in [2.05, 4.69) is 0 Å². The van der Waals surface area contributed by atoms with Crippen LogP contribution in [-0.4, -0.2) is 49.2 Å². The topological polar surface area (TPSA) is 76.1 Å². The first-order valence-corrected chi connectivity index (χ1v) is 6.68. The fourth-order valence-electron chi connectivity index (χ4n) is 2.03. The number of benzene rings is 1. The number of carbonyl (C=O) groups excluding carboxylic acids is 1. The molecule has 0 aliphatic rings. The number of aliphatic carboxylic acids is 1. The van der Waals surface area contributed by atoms with Gasteiger partial charge in [0.15, 0.2) is 0 Å². The number of hydrogen-bond acceptors (Lipinski definition) is 4. The molecule has 0 radical (unpaired) electrons. The lowest BCUT2D eigenvalue weighted by Gasteiger charge is -2.21. The van der Waals surface area contributed by atoms with E-state index in [-0.39, 0.29) is 18.9 Å². The zero-order valence-electron chi connectivity index (χ0n) is 12.8. The van der Waals surface area contributed by atoms with Gasteiger partial charge in [0.1, 0.15) is 11.5 Å². The van der Waals surface area contributed by atoms with E-state index in [4.69, 9.17) is 14.6 Å². The summed E-state index contributed by atoms with van der Waals surface area (Å²) in [5.74, 6) is -0.0466. The smallest absolute Gasteiger partial charge is 0.305 e. The molecule has 0 saturated heterocycles. The second-order valence-electron chi connectivity index (χ2n) is 4.53. The number of hydrogen-bond donors (Lipinski definition) is 1. The maximum atomic E-state index is 12.5. The molecule has 1 N–H and O–H groups in total. The number of amides is 1. The molecule has 1 aromatic carbocycles.